The largest absolute Gasteiger partial charge is 0.480 e. The van der Waals surface area contributed by atoms with E-state index < -0.39 is 11.5 Å². The van der Waals surface area contributed by atoms with E-state index in [-0.39, 0.29) is 11.2 Å². The van der Waals surface area contributed by atoms with Gasteiger partial charge in [0, 0.05) is 0 Å². The molecule has 1 unspecified atom stereocenters. The average Bonchev–Trinajstić information content (AvgIpc) is 2.96. The van der Waals surface area contributed by atoms with E-state index >= 15 is 0 Å². The molecule has 0 saturated heterocycles. The van der Waals surface area contributed by atoms with E-state index in [1.807, 2.05) is 18.2 Å². The summed E-state index contributed by atoms with van der Waals surface area (Å²) >= 11 is 1.60. The third-order valence-corrected chi connectivity index (χ3v) is 5.70. The molecular weight excluding hydrogens is 286 g/mol. The minimum absolute atomic E-state index is 0.156. The van der Waals surface area contributed by atoms with Crippen molar-refractivity contribution in [2.45, 2.75) is 42.9 Å². The van der Waals surface area contributed by atoms with Gasteiger partial charge >= 0.3 is 5.97 Å². The maximum absolute atomic E-state index is 12.6. The van der Waals surface area contributed by atoms with Crippen molar-refractivity contribution in [1.29, 1.82) is 0 Å². The van der Waals surface area contributed by atoms with Gasteiger partial charge in [-0.1, -0.05) is 37.1 Å². The molecule has 1 saturated carbocycles. The number of carbonyl (C=O) groups is 2. The quantitative estimate of drug-likeness (QED) is 0.900. The number of carbonyl (C=O) groups excluding carboxylic acids is 1. The molecule has 2 N–H and O–H groups in total. The van der Waals surface area contributed by atoms with Crippen LogP contribution >= 0.6 is 11.8 Å². The highest BCUT2D eigenvalue weighted by molar-refractivity contribution is 8.00. The first-order chi connectivity index (χ1) is 10.1. The van der Waals surface area contributed by atoms with Gasteiger partial charge in [0.25, 0.3) is 0 Å². The van der Waals surface area contributed by atoms with Crippen LogP contribution < -0.4 is 5.32 Å². The smallest absolute Gasteiger partial charge is 0.329 e. The molecule has 0 spiro atoms. The summed E-state index contributed by atoms with van der Waals surface area (Å²) in [4.78, 5) is 24.2. The molecule has 1 aromatic rings. The zero-order chi connectivity index (χ0) is 14.9. The van der Waals surface area contributed by atoms with Crippen LogP contribution in [0.4, 0.5) is 0 Å². The minimum atomic E-state index is -1.05. The third kappa shape index (κ3) is 2.67. The fourth-order valence-corrected chi connectivity index (χ4v) is 4.48. The number of rotatable bonds is 3. The maximum Gasteiger partial charge on any atom is 0.329 e. The topological polar surface area (TPSA) is 66.4 Å². The lowest BCUT2D eigenvalue weighted by Gasteiger charge is -2.30. The molecule has 5 heteroatoms. The summed E-state index contributed by atoms with van der Waals surface area (Å²) in [6.45, 7) is 0. The lowest BCUT2D eigenvalue weighted by molar-refractivity contribution is -0.147. The summed E-state index contributed by atoms with van der Waals surface area (Å²) in [6, 6.07) is 7.96. The van der Waals surface area contributed by atoms with E-state index in [1.165, 1.54) is 5.56 Å². The van der Waals surface area contributed by atoms with Crippen LogP contribution in [-0.4, -0.2) is 28.3 Å². The maximum atomic E-state index is 12.6. The van der Waals surface area contributed by atoms with E-state index in [4.69, 9.17) is 0 Å². The van der Waals surface area contributed by atoms with Gasteiger partial charge < -0.3 is 10.4 Å². The van der Waals surface area contributed by atoms with Gasteiger partial charge in [-0.05, 0) is 36.1 Å². The predicted octanol–water partition coefficient (Wildman–Crippen LogP) is 2.53. The van der Waals surface area contributed by atoms with Crippen LogP contribution in [0.5, 0.6) is 0 Å². The number of thioether (sulfide) groups is 1. The number of nitrogens with one attached hydrogen (secondary N) is 1. The van der Waals surface area contributed by atoms with Gasteiger partial charge in [0.05, 0.1) is 0 Å². The third-order valence-electron chi connectivity index (χ3n) is 4.46. The number of aliphatic carboxylic acids is 1. The van der Waals surface area contributed by atoms with Crippen molar-refractivity contribution in [3.63, 3.8) is 0 Å². The Bertz CT molecular complexity index is 566. The molecule has 112 valence electrons. The molecule has 1 aliphatic carbocycles. The van der Waals surface area contributed by atoms with Crippen LogP contribution in [0, 0.1) is 0 Å². The fraction of sp³-hybridized carbons (Fsp3) is 0.500. The lowest BCUT2D eigenvalue weighted by atomic mass is 9.96. The molecule has 3 rings (SSSR count). The second kappa shape index (κ2) is 5.72. The second-order valence-electron chi connectivity index (χ2n) is 5.78. The Balaban J connectivity index is 1.82. The SMILES string of the molecule is O=C(NC1(C(=O)O)CCCC1)C1SCCc2ccccc21. The number of carboxylic acid groups (broad SMARTS) is 1. The van der Waals surface area contributed by atoms with Crippen LogP contribution in [0.3, 0.4) is 0 Å². The molecule has 0 radical (unpaired) electrons. The zero-order valence-electron chi connectivity index (χ0n) is 11.8. The first-order valence-electron chi connectivity index (χ1n) is 7.37. The number of hydrogen-bond acceptors (Lipinski definition) is 3. The van der Waals surface area contributed by atoms with E-state index in [2.05, 4.69) is 11.4 Å². The Hall–Kier alpha value is -1.49. The Labute approximate surface area is 128 Å². The zero-order valence-corrected chi connectivity index (χ0v) is 12.6. The van der Waals surface area contributed by atoms with Gasteiger partial charge in [0.15, 0.2) is 0 Å². The van der Waals surface area contributed by atoms with Gasteiger partial charge in [-0.2, -0.15) is 0 Å². The average molecular weight is 305 g/mol. The first kappa shape index (κ1) is 14.4. The number of amides is 1. The van der Waals surface area contributed by atoms with Crippen molar-refractivity contribution in [3.05, 3.63) is 35.4 Å². The van der Waals surface area contributed by atoms with Gasteiger partial charge in [-0.3, -0.25) is 4.79 Å². The number of fused-ring (bicyclic) bond motifs is 1. The molecule has 2 aliphatic rings. The van der Waals surface area contributed by atoms with Gasteiger partial charge in [0.2, 0.25) is 5.91 Å². The number of benzene rings is 1. The monoisotopic (exact) mass is 305 g/mol. The number of aryl methyl sites for hydroxylation is 1. The highest BCUT2D eigenvalue weighted by Crippen LogP contribution is 2.38. The highest BCUT2D eigenvalue weighted by atomic mass is 32.2. The minimum Gasteiger partial charge on any atom is -0.480 e. The summed E-state index contributed by atoms with van der Waals surface area (Å²) in [5.41, 5.74) is 1.18. The highest BCUT2D eigenvalue weighted by Gasteiger charge is 2.44. The molecule has 21 heavy (non-hydrogen) atoms. The number of carboxylic acids is 1. The van der Waals surface area contributed by atoms with Gasteiger partial charge in [-0.25, -0.2) is 4.79 Å². The molecule has 1 heterocycles. The second-order valence-corrected chi connectivity index (χ2v) is 7.00. The van der Waals surface area contributed by atoms with Crippen LogP contribution in [-0.2, 0) is 16.0 Å². The molecular formula is C16H19NO3S. The predicted molar refractivity (Wildman–Crippen MR) is 82.3 cm³/mol. The van der Waals surface area contributed by atoms with Crippen LogP contribution in [0.1, 0.15) is 42.1 Å². The normalized spacial score (nSPS) is 23.3. The Morgan fingerprint density at radius 2 is 1.95 bits per heavy atom. The Kier molecular flexibility index (Phi) is 3.93. The van der Waals surface area contributed by atoms with Crippen LogP contribution in [0.2, 0.25) is 0 Å². The summed E-state index contributed by atoms with van der Waals surface area (Å²) in [5, 5.41) is 12.0. The van der Waals surface area contributed by atoms with Crippen molar-refractivity contribution < 1.29 is 14.7 Å². The van der Waals surface area contributed by atoms with Crippen molar-refractivity contribution in [1.82, 2.24) is 5.32 Å². The summed E-state index contributed by atoms with van der Waals surface area (Å²) in [7, 11) is 0. The van der Waals surface area contributed by atoms with Crippen molar-refractivity contribution in [3.8, 4) is 0 Å². The van der Waals surface area contributed by atoms with Crippen molar-refractivity contribution in [2.24, 2.45) is 0 Å². The Morgan fingerprint density at radius 1 is 1.24 bits per heavy atom. The van der Waals surface area contributed by atoms with Gasteiger partial charge in [-0.15, -0.1) is 11.8 Å². The van der Waals surface area contributed by atoms with Crippen LogP contribution in [0.25, 0.3) is 0 Å². The fourth-order valence-electron chi connectivity index (χ4n) is 3.28. The van der Waals surface area contributed by atoms with Crippen LogP contribution in [0.15, 0.2) is 24.3 Å². The van der Waals surface area contributed by atoms with E-state index in [1.54, 1.807) is 11.8 Å². The standard InChI is InChI=1S/C16H19NO3S/c18-14(17-16(15(19)20)8-3-4-9-16)13-12-6-2-1-5-11(12)7-10-21-13/h1-2,5-6,13H,3-4,7-10H2,(H,17,18)(H,19,20). The molecule has 4 nitrogen and oxygen atoms in total. The lowest BCUT2D eigenvalue weighted by Crippen LogP contribution is -2.53. The summed E-state index contributed by atoms with van der Waals surface area (Å²) in [6.07, 6.45) is 3.76. The van der Waals surface area contributed by atoms with E-state index in [9.17, 15) is 14.7 Å². The molecule has 0 bridgehead atoms. The molecule has 1 aliphatic heterocycles. The van der Waals surface area contributed by atoms with Crippen molar-refractivity contribution >= 4 is 23.6 Å². The van der Waals surface area contributed by atoms with Gasteiger partial charge in [0.1, 0.15) is 10.8 Å². The summed E-state index contributed by atoms with van der Waals surface area (Å²) in [5.74, 6) is -0.159. The van der Waals surface area contributed by atoms with E-state index in [0.29, 0.717) is 12.8 Å². The summed E-state index contributed by atoms with van der Waals surface area (Å²) < 4.78 is 0. The van der Waals surface area contributed by atoms with Crippen molar-refractivity contribution in [2.75, 3.05) is 5.75 Å². The Morgan fingerprint density at radius 3 is 2.67 bits per heavy atom. The molecule has 1 fully saturated rings. The molecule has 0 aromatic heterocycles. The molecule has 1 aromatic carbocycles. The molecule has 1 atom stereocenters. The number of hydrogen-bond donors (Lipinski definition) is 2. The molecule has 1 amide bonds. The first-order valence-corrected chi connectivity index (χ1v) is 8.42. The van der Waals surface area contributed by atoms with E-state index in [0.717, 1.165) is 30.6 Å².